The number of nitrogens with zero attached hydrogens (tertiary/aromatic N) is 3. The number of ether oxygens (including phenoxy) is 1. The van der Waals surface area contributed by atoms with E-state index < -0.39 is 0 Å². The molecule has 1 aliphatic heterocycles. The fourth-order valence-electron chi connectivity index (χ4n) is 3.43. The molecule has 2 heterocycles. The first kappa shape index (κ1) is 20.1. The number of hydrogen-bond donors (Lipinski definition) is 0. The predicted octanol–water partition coefficient (Wildman–Crippen LogP) is 4.77. The molecule has 156 valence electrons. The zero-order valence-electron chi connectivity index (χ0n) is 17.0. The van der Waals surface area contributed by atoms with E-state index in [4.69, 9.17) is 9.26 Å². The highest BCUT2D eigenvalue weighted by molar-refractivity contribution is 5.78. The lowest BCUT2D eigenvalue weighted by atomic mass is 10.1. The summed E-state index contributed by atoms with van der Waals surface area (Å²) in [6, 6.07) is 13.4. The minimum absolute atomic E-state index is 0.0238. The highest BCUT2D eigenvalue weighted by atomic mass is 19.1. The Hall–Kier alpha value is -3.22. The van der Waals surface area contributed by atoms with Crippen LogP contribution in [0.15, 0.2) is 53.1 Å². The molecule has 4 rings (SSSR count). The van der Waals surface area contributed by atoms with Gasteiger partial charge in [0, 0.05) is 18.5 Å². The summed E-state index contributed by atoms with van der Waals surface area (Å²) in [6.45, 7) is 5.24. The summed E-state index contributed by atoms with van der Waals surface area (Å²) in [4.78, 5) is 18.7. The van der Waals surface area contributed by atoms with Gasteiger partial charge in [-0.2, -0.15) is 4.98 Å². The van der Waals surface area contributed by atoms with Crippen LogP contribution >= 0.6 is 0 Å². The first-order chi connectivity index (χ1) is 14.5. The van der Waals surface area contributed by atoms with Crippen LogP contribution in [-0.4, -0.2) is 27.6 Å². The van der Waals surface area contributed by atoms with Crippen molar-refractivity contribution < 1.29 is 18.4 Å². The summed E-state index contributed by atoms with van der Waals surface area (Å²) in [6.07, 6.45) is 1.04. The molecule has 1 aliphatic rings. The Morgan fingerprint density at radius 1 is 1.17 bits per heavy atom. The van der Waals surface area contributed by atoms with E-state index in [0.717, 1.165) is 16.9 Å². The fourth-order valence-corrected chi connectivity index (χ4v) is 3.43. The summed E-state index contributed by atoms with van der Waals surface area (Å²) >= 11 is 0. The third-order valence-corrected chi connectivity index (χ3v) is 5.02. The number of hydrogen-bond acceptors (Lipinski definition) is 5. The zero-order chi connectivity index (χ0) is 21.1. The molecule has 0 aliphatic carbocycles. The van der Waals surface area contributed by atoms with Crippen molar-refractivity contribution in [3.05, 3.63) is 65.8 Å². The normalized spacial score (nSPS) is 16.5. The summed E-state index contributed by atoms with van der Waals surface area (Å²) in [7, 11) is 0. The maximum absolute atomic E-state index is 13.2. The van der Waals surface area contributed by atoms with Crippen molar-refractivity contribution in [3.63, 3.8) is 0 Å². The second-order valence-electron chi connectivity index (χ2n) is 7.89. The molecule has 7 heteroatoms. The highest BCUT2D eigenvalue weighted by Crippen LogP contribution is 2.34. The lowest BCUT2D eigenvalue weighted by molar-refractivity contribution is -0.129. The van der Waals surface area contributed by atoms with Gasteiger partial charge in [-0.3, -0.25) is 4.79 Å². The Morgan fingerprint density at radius 2 is 1.90 bits per heavy atom. The van der Waals surface area contributed by atoms with Crippen LogP contribution in [0.25, 0.3) is 11.4 Å². The van der Waals surface area contributed by atoms with Crippen LogP contribution in [0.2, 0.25) is 0 Å². The Morgan fingerprint density at radius 3 is 2.60 bits per heavy atom. The molecule has 1 aromatic heterocycles. The van der Waals surface area contributed by atoms with Crippen LogP contribution in [0.5, 0.6) is 5.75 Å². The molecule has 0 radical (unpaired) electrons. The molecule has 3 aromatic rings. The second-order valence-corrected chi connectivity index (χ2v) is 7.89. The SMILES string of the molecule is CC(C)COc1ccc(-c2noc(C3CCC(=O)N3Cc3ccc(F)cc3)n2)cc1. The third kappa shape index (κ3) is 4.50. The number of carbonyl (C=O) groups is 1. The number of halogens is 1. The molecule has 6 nitrogen and oxygen atoms in total. The second kappa shape index (κ2) is 8.65. The van der Waals surface area contributed by atoms with Crippen molar-refractivity contribution in [3.8, 4) is 17.1 Å². The molecule has 0 spiro atoms. The highest BCUT2D eigenvalue weighted by Gasteiger charge is 2.36. The van der Waals surface area contributed by atoms with Gasteiger partial charge in [0.25, 0.3) is 0 Å². The smallest absolute Gasteiger partial charge is 0.249 e. The average molecular weight is 409 g/mol. The number of aromatic nitrogens is 2. The predicted molar refractivity (Wildman–Crippen MR) is 109 cm³/mol. The van der Waals surface area contributed by atoms with E-state index in [1.165, 1.54) is 12.1 Å². The third-order valence-electron chi connectivity index (χ3n) is 5.02. The summed E-state index contributed by atoms with van der Waals surface area (Å²) in [5.74, 6) is 1.86. The molecule has 1 saturated heterocycles. The Bertz CT molecular complexity index is 999. The maximum atomic E-state index is 13.2. The first-order valence-electron chi connectivity index (χ1n) is 10.1. The van der Waals surface area contributed by atoms with E-state index >= 15 is 0 Å². The Balaban J connectivity index is 1.48. The minimum atomic E-state index is -0.301. The van der Waals surface area contributed by atoms with E-state index in [9.17, 15) is 9.18 Å². The average Bonchev–Trinajstić information content (AvgIpc) is 3.36. The van der Waals surface area contributed by atoms with Gasteiger partial charge in [-0.1, -0.05) is 31.1 Å². The van der Waals surface area contributed by atoms with Crippen LogP contribution in [0.1, 0.15) is 44.2 Å². The number of benzene rings is 2. The summed E-state index contributed by atoms with van der Waals surface area (Å²) in [5.41, 5.74) is 1.67. The molecule has 30 heavy (non-hydrogen) atoms. The molecule has 0 N–H and O–H groups in total. The number of carbonyl (C=O) groups excluding carboxylic acids is 1. The van der Waals surface area contributed by atoms with Crippen LogP contribution < -0.4 is 4.74 Å². The number of amides is 1. The molecule has 1 amide bonds. The lowest BCUT2D eigenvalue weighted by Crippen LogP contribution is -2.27. The molecule has 2 aromatic carbocycles. The maximum Gasteiger partial charge on any atom is 0.249 e. The van der Waals surface area contributed by atoms with Gasteiger partial charge in [0.05, 0.1) is 6.61 Å². The van der Waals surface area contributed by atoms with Gasteiger partial charge in [-0.15, -0.1) is 0 Å². The van der Waals surface area contributed by atoms with E-state index in [2.05, 4.69) is 24.0 Å². The van der Waals surface area contributed by atoms with Crippen LogP contribution in [0.4, 0.5) is 4.39 Å². The van der Waals surface area contributed by atoms with Gasteiger partial charge in [0.2, 0.25) is 17.6 Å². The standard InChI is InChI=1S/C23H24FN3O3/c1-15(2)14-29-19-9-5-17(6-10-19)22-25-23(30-26-22)20-11-12-21(28)27(20)13-16-3-7-18(24)8-4-16/h3-10,15,20H,11-14H2,1-2H3. The van der Waals surface area contributed by atoms with Crippen molar-refractivity contribution in [1.29, 1.82) is 0 Å². The quantitative estimate of drug-likeness (QED) is 0.562. The molecular weight excluding hydrogens is 385 g/mol. The number of rotatable bonds is 7. The topological polar surface area (TPSA) is 68.5 Å². The lowest BCUT2D eigenvalue weighted by Gasteiger charge is -2.22. The van der Waals surface area contributed by atoms with Gasteiger partial charge < -0.3 is 14.2 Å². The summed E-state index contributed by atoms with van der Waals surface area (Å²) in [5, 5.41) is 4.10. The van der Waals surface area contributed by atoms with E-state index in [0.29, 0.717) is 43.6 Å². The van der Waals surface area contributed by atoms with Crippen molar-refractivity contribution in [2.24, 2.45) is 5.92 Å². The molecule has 0 saturated carbocycles. The minimum Gasteiger partial charge on any atom is -0.493 e. The van der Waals surface area contributed by atoms with Crippen LogP contribution in [0, 0.1) is 11.7 Å². The largest absolute Gasteiger partial charge is 0.493 e. The molecule has 0 bridgehead atoms. The van der Waals surface area contributed by atoms with E-state index in [-0.39, 0.29) is 17.8 Å². The van der Waals surface area contributed by atoms with Gasteiger partial charge in [0.1, 0.15) is 17.6 Å². The first-order valence-corrected chi connectivity index (χ1v) is 10.1. The Kier molecular flexibility index (Phi) is 5.79. The molecule has 1 fully saturated rings. The van der Waals surface area contributed by atoms with Crippen LogP contribution in [0.3, 0.4) is 0 Å². The van der Waals surface area contributed by atoms with E-state index in [1.54, 1.807) is 17.0 Å². The molecule has 1 atom stereocenters. The van der Waals surface area contributed by atoms with E-state index in [1.807, 2.05) is 24.3 Å². The van der Waals surface area contributed by atoms with Gasteiger partial charge in [0.15, 0.2) is 0 Å². The van der Waals surface area contributed by atoms with Crippen molar-refractivity contribution in [2.45, 2.75) is 39.3 Å². The number of likely N-dealkylation sites (tertiary alicyclic amines) is 1. The van der Waals surface area contributed by atoms with Crippen LogP contribution in [-0.2, 0) is 11.3 Å². The molecule has 1 unspecified atom stereocenters. The molecular formula is C23H24FN3O3. The van der Waals surface area contributed by atoms with Gasteiger partial charge >= 0.3 is 0 Å². The van der Waals surface area contributed by atoms with Crippen molar-refractivity contribution >= 4 is 5.91 Å². The summed E-state index contributed by atoms with van der Waals surface area (Å²) < 4.78 is 24.4. The monoisotopic (exact) mass is 409 g/mol. The van der Waals surface area contributed by atoms with Gasteiger partial charge in [-0.25, -0.2) is 4.39 Å². The Labute approximate surface area is 174 Å². The van der Waals surface area contributed by atoms with Crippen molar-refractivity contribution in [2.75, 3.05) is 6.61 Å². The fraction of sp³-hybridized carbons (Fsp3) is 0.348. The van der Waals surface area contributed by atoms with Crippen molar-refractivity contribution in [1.82, 2.24) is 15.0 Å². The van der Waals surface area contributed by atoms with Gasteiger partial charge in [-0.05, 0) is 54.3 Å². The zero-order valence-corrected chi connectivity index (χ0v) is 17.0.